The number of amidine groups is 1. The van der Waals surface area contributed by atoms with E-state index in [0.717, 1.165) is 0 Å². The minimum atomic E-state index is -1.30. The van der Waals surface area contributed by atoms with Crippen LogP contribution in [0.4, 0.5) is 5.69 Å². The Morgan fingerprint density at radius 3 is 2.40 bits per heavy atom. The van der Waals surface area contributed by atoms with Crippen LogP contribution < -0.4 is 10.6 Å². The average molecular weight is 364 g/mol. The number of amides is 1. The number of benzene rings is 1. The largest absolute Gasteiger partial charge is 0.481 e. The van der Waals surface area contributed by atoms with Crippen molar-refractivity contribution in [2.75, 3.05) is 6.26 Å². The van der Waals surface area contributed by atoms with Crippen LogP contribution in [0.25, 0.3) is 0 Å². The van der Waals surface area contributed by atoms with Crippen LogP contribution in [0.1, 0.15) is 23.2 Å². The Morgan fingerprint density at radius 1 is 1.28 bits per heavy atom. The molecule has 0 aliphatic rings. The summed E-state index contributed by atoms with van der Waals surface area (Å²) in [6.45, 7) is 0. The van der Waals surface area contributed by atoms with Crippen LogP contribution in [0.5, 0.6) is 0 Å². The summed E-state index contributed by atoms with van der Waals surface area (Å²) in [7, 11) is 0. The Kier molecular flexibility index (Phi) is 7.95. The van der Waals surface area contributed by atoms with Gasteiger partial charge in [0.2, 0.25) is 0 Å². The van der Waals surface area contributed by atoms with Gasteiger partial charge in [0.15, 0.2) is 11.4 Å². The van der Waals surface area contributed by atoms with Crippen LogP contribution in [-0.4, -0.2) is 45.5 Å². The van der Waals surface area contributed by atoms with Crippen molar-refractivity contribution >= 4 is 40.5 Å². The van der Waals surface area contributed by atoms with Gasteiger partial charge in [-0.15, -0.1) is 0 Å². The van der Waals surface area contributed by atoms with E-state index in [9.17, 15) is 14.4 Å². The van der Waals surface area contributed by atoms with Crippen molar-refractivity contribution in [2.24, 2.45) is 4.99 Å². The molecular weight excluding hydrogens is 348 g/mol. The normalized spacial score (nSPS) is 11.9. The Hall–Kier alpha value is -3.06. The number of carboxylic acid groups (broad SMARTS) is 2. The first kappa shape index (κ1) is 20.0. The van der Waals surface area contributed by atoms with Crippen molar-refractivity contribution < 1.29 is 24.6 Å². The van der Waals surface area contributed by atoms with Gasteiger partial charge in [0.05, 0.1) is 5.69 Å². The van der Waals surface area contributed by atoms with Gasteiger partial charge in [-0.1, -0.05) is 11.8 Å². The molecule has 0 saturated carbocycles. The quantitative estimate of drug-likeness (QED) is 0.243. The Morgan fingerprint density at radius 2 is 1.92 bits per heavy atom. The zero-order chi connectivity index (χ0) is 18.8. The first-order chi connectivity index (χ1) is 11.9. The molecule has 25 heavy (non-hydrogen) atoms. The standard InChI is InChI=1S/C15H16N4O5S/c1-25-15(17-8-16)18-10-4-2-9(3-5-10)13(22)19-11(14(23)24)6-7-12(20)21/h2-5,11H,6-7H2,1H3,(H,17,18)(H,19,22)(H,20,21)(H,23,24). The molecule has 1 aromatic rings. The van der Waals surface area contributed by atoms with Gasteiger partial charge < -0.3 is 15.5 Å². The minimum Gasteiger partial charge on any atom is -0.481 e. The van der Waals surface area contributed by atoms with Gasteiger partial charge in [-0.25, -0.2) is 9.79 Å². The molecule has 0 saturated heterocycles. The number of nitrogens with one attached hydrogen (secondary N) is 2. The molecular formula is C15H16N4O5S. The summed E-state index contributed by atoms with van der Waals surface area (Å²) in [5.74, 6) is -3.07. The van der Waals surface area contributed by atoms with Gasteiger partial charge in [0.1, 0.15) is 6.04 Å². The van der Waals surface area contributed by atoms with E-state index in [0.29, 0.717) is 10.9 Å². The van der Waals surface area contributed by atoms with Crippen molar-refractivity contribution in [2.45, 2.75) is 18.9 Å². The molecule has 0 aromatic heterocycles. The number of aliphatic carboxylic acids is 2. The molecule has 1 atom stereocenters. The van der Waals surface area contributed by atoms with Gasteiger partial charge in [-0.3, -0.25) is 14.9 Å². The molecule has 132 valence electrons. The van der Waals surface area contributed by atoms with Crippen molar-refractivity contribution in [3.8, 4) is 6.19 Å². The molecule has 0 fully saturated rings. The van der Waals surface area contributed by atoms with Crippen LogP contribution in [0.2, 0.25) is 0 Å². The predicted octanol–water partition coefficient (Wildman–Crippen LogP) is 1.16. The molecule has 10 heteroatoms. The molecule has 1 aromatic carbocycles. The maximum Gasteiger partial charge on any atom is 0.326 e. The molecule has 0 aliphatic carbocycles. The number of hydrogen-bond acceptors (Lipinski definition) is 6. The first-order valence-corrected chi connectivity index (χ1v) is 8.23. The third kappa shape index (κ3) is 6.92. The molecule has 1 amide bonds. The first-order valence-electron chi connectivity index (χ1n) is 7.00. The molecule has 0 bridgehead atoms. The second-order valence-electron chi connectivity index (χ2n) is 4.70. The SMILES string of the molecule is CSC(=Nc1ccc(C(=O)NC(CCC(=O)O)C(=O)O)cc1)NC#N. The summed E-state index contributed by atoms with van der Waals surface area (Å²) >= 11 is 1.24. The summed E-state index contributed by atoms with van der Waals surface area (Å²) in [6, 6.07) is 4.70. The topological polar surface area (TPSA) is 152 Å². The second kappa shape index (κ2) is 9.94. The van der Waals surface area contributed by atoms with E-state index in [1.165, 1.54) is 36.0 Å². The number of rotatable bonds is 7. The van der Waals surface area contributed by atoms with Crippen LogP contribution in [0.3, 0.4) is 0 Å². The lowest BCUT2D eigenvalue weighted by molar-refractivity contribution is -0.140. The number of thioether (sulfide) groups is 1. The van der Waals surface area contributed by atoms with Crippen molar-refractivity contribution in [1.29, 1.82) is 5.26 Å². The molecule has 1 unspecified atom stereocenters. The Balaban J connectivity index is 2.80. The lowest BCUT2D eigenvalue weighted by atomic mass is 10.1. The summed E-state index contributed by atoms with van der Waals surface area (Å²) in [5.41, 5.74) is 0.712. The fourth-order valence-electron chi connectivity index (χ4n) is 1.74. The van der Waals surface area contributed by atoms with Crippen molar-refractivity contribution in [3.05, 3.63) is 29.8 Å². The lowest BCUT2D eigenvalue weighted by Crippen LogP contribution is -2.41. The zero-order valence-corrected chi connectivity index (χ0v) is 14.0. The third-order valence-electron chi connectivity index (χ3n) is 2.97. The maximum atomic E-state index is 12.1. The van der Waals surface area contributed by atoms with E-state index < -0.39 is 23.9 Å². The van der Waals surface area contributed by atoms with E-state index in [1.54, 1.807) is 12.4 Å². The number of carbonyl (C=O) groups excluding carboxylic acids is 1. The fourth-order valence-corrected chi connectivity index (χ4v) is 2.09. The van der Waals surface area contributed by atoms with Gasteiger partial charge in [0.25, 0.3) is 5.91 Å². The van der Waals surface area contributed by atoms with Crippen molar-refractivity contribution in [3.63, 3.8) is 0 Å². The lowest BCUT2D eigenvalue weighted by Gasteiger charge is -2.13. The van der Waals surface area contributed by atoms with Crippen LogP contribution in [0.15, 0.2) is 29.3 Å². The second-order valence-corrected chi connectivity index (χ2v) is 5.50. The summed E-state index contributed by atoms with van der Waals surface area (Å²) in [5, 5.41) is 31.3. The molecule has 1 rings (SSSR count). The molecule has 4 N–H and O–H groups in total. The Labute approximate surface area is 147 Å². The predicted molar refractivity (Wildman–Crippen MR) is 91.6 cm³/mol. The molecule has 0 radical (unpaired) electrons. The van der Waals surface area contributed by atoms with Crippen LogP contribution in [-0.2, 0) is 9.59 Å². The average Bonchev–Trinajstić information content (AvgIpc) is 2.58. The Bertz CT molecular complexity index is 712. The molecule has 0 aliphatic heterocycles. The highest BCUT2D eigenvalue weighted by atomic mass is 32.2. The molecule has 9 nitrogen and oxygen atoms in total. The number of carbonyl (C=O) groups is 3. The summed E-state index contributed by atoms with van der Waals surface area (Å²) < 4.78 is 0. The summed E-state index contributed by atoms with van der Waals surface area (Å²) in [4.78, 5) is 37.9. The number of hydrogen-bond donors (Lipinski definition) is 4. The van der Waals surface area contributed by atoms with Gasteiger partial charge in [-0.2, -0.15) is 5.26 Å². The number of carboxylic acids is 2. The van der Waals surface area contributed by atoms with E-state index in [-0.39, 0.29) is 18.4 Å². The zero-order valence-electron chi connectivity index (χ0n) is 13.2. The highest BCUT2D eigenvalue weighted by Gasteiger charge is 2.21. The maximum absolute atomic E-state index is 12.1. The number of aliphatic imine (C=N–C) groups is 1. The molecule has 0 spiro atoms. The van der Waals surface area contributed by atoms with E-state index >= 15 is 0 Å². The van der Waals surface area contributed by atoms with Crippen LogP contribution in [0, 0.1) is 11.5 Å². The van der Waals surface area contributed by atoms with Crippen LogP contribution >= 0.6 is 11.8 Å². The van der Waals surface area contributed by atoms with Gasteiger partial charge in [-0.05, 0) is 36.9 Å². The molecule has 0 heterocycles. The minimum absolute atomic E-state index is 0.208. The van der Waals surface area contributed by atoms with Gasteiger partial charge >= 0.3 is 11.9 Å². The van der Waals surface area contributed by atoms with E-state index in [2.05, 4.69) is 15.6 Å². The smallest absolute Gasteiger partial charge is 0.326 e. The monoisotopic (exact) mass is 364 g/mol. The number of nitrogens with zero attached hydrogens (tertiary/aromatic N) is 2. The van der Waals surface area contributed by atoms with E-state index in [1.807, 2.05) is 0 Å². The highest BCUT2D eigenvalue weighted by Crippen LogP contribution is 2.15. The van der Waals surface area contributed by atoms with Gasteiger partial charge in [0, 0.05) is 12.0 Å². The van der Waals surface area contributed by atoms with Crippen molar-refractivity contribution in [1.82, 2.24) is 10.6 Å². The van der Waals surface area contributed by atoms with E-state index in [4.69, 9.17) is 15.5 Å². The highest BCUT2D eigenvalue weighted by molar-refractivity contribution is 8.13. The third-order valence-corrected chi connectivity index (χ3v) is 3.55. The summed E-state index contributed by atoms with van der Waals surface area (Å²) in [6.07, 6.45) is 2.92. The number of nitriles is 1. The fraction of sp³-hybridized carbons (Fsp3) is 0.267.